The minimum absolute atomic E-state index is 0.103. The summed E-state index contributed by atoms with van der Waals surface area (Å²) < 4.78 is 98.7. The maximum atomic E-state index is 14.3. The summed E-state index contributed by atoms with van der Waals surface area (Å²) in [6.07, 6.45) is 0. The van der Waals surface area contributed by atoms with Crippen molar-refractivity contribution in [2.75, 3.05) is 6.61 Å². The predicted molar refractivity (Wildman–Crippen MR) is 90.3 cm³/mol. The van der Waals surface area contributed by atoms with Gasteiger partial charge in [-0.1, -0.05) is 11.8 Å². The number of carbonyl (C=O) groups is 1. The minimum atomic E-state index is -6.37. The first-order chi connectivity index (χ1) is 13.3. The van der Waals surface area contributed by atoms with Crippen molar-refractivity contribution in [1.82, 2.24) is 4.57 Å². The van der Waals surface area contributed by atoms with Crippen molar-refractivity contribution >= 4 is 38.8 Å². The topological polar surface area (TPSA) is 91.7 Å². The lowest BCUT2D eigenvalue weighted by atomic mass is 10.1. The zero-order valence-corrected chi connectivity index (χ0v) is 16.1. The Kier molecular flexibility index (Phi) is 5.06. The van der Waals surface area contributed by atoms with E-state index in [1.54, 1.807) is 0 Å². The number of halogens is 5. The van der Waals surface area contributed by atoms with E-state index in [0.717, 1.165) is 16.3 Å². The number of nitrogens with zero attached hydrogens (tertiary/aromatic N) is 1. The molecular weight excluding hydrogens is 449 g/mol. The van der Waals surface area contributed by atoms with Crippen LogP contribution in [0.5, 0.6) is 5.75 Å². The number of ether oxygens (including phenoxy) is 1. The highest BCUT2D eigenvalue weighted by Gasteiger charge is 2.50. The Morgan fingerprint density at radius 3 is 2.45 bits per heavy atom. The average molecular weight is 459 g/mol. The standard InChI is InChI=1S/C15H10F5NO6S2/c1-3-26-14(23)8-11(22)6-4-7(16)9(17)12(27-29(24,25)15(18,19)20)10(6)21-5(2)28-13(8)21/h4-5H,3H2,1-2H3. The van der Waals surface area contributed by atoms with Crippen molar-refractivity contribution < 1.29 is 44.1 Å². The number of fused-ring (bicyclic) bond motifs is 3. The van der Waals surface area contributed by atoms with Gasteiger partial charge in [0.2, 0.25) is 17.0 Å². The summed E-state index contributed by atoms with van der Waals surface area (Å²) in [5.41, 5.74) is -8.35. The molecular formula is C15H10F5NO6S2. The summed E-state index contributed by atoms with van der Waals surface area (Å²) in [6.45, 7) is 2.83. The molecule has 0 aliphatic carbocycles. The van der Waals surface area contributed by atoms with Crippen LogP contribution < -0.4 is 9.61 Å². The first-order valence-electron chi connectivity index (χ1n) is 7.76. The molecule has 2 heterocycles. The zero-order chi connectivity index (χ0) is 21.9. The smallest absolute Gasteiger partial charge is 0.462 e. The normalized spacial score (nSPS) is 16.3. The number of benzene rings is 1. The van der Waals surface area contributed by atoms with Crippen molar-refractivity contribution in [1.29, 1.82) is 0 Å². The maximum absolute atomic E-state index is 14.3. The van der Waals surface area contributed by atoms with E-state index in [1.165, 1.54) is 13.8 Å². The molecule has 1 aromatic carbocycles. The van der Waals surface area contributed by atoms with Gasteiger partial charge in [0.25, 0.3) is 0 Å². The average Bonchev–Trinajstić information content (AvgIpc) is 2.58. The number of alkyl halides is 3. The Labute approximate surface area is 163 Å². The van der Waals surface area contributed by atoms with Crippen LogP contribution in [0.15, 0.2) is 15.9 Å². The highest BCUT2D eigenvalue weighted by molar-refractivity contribution is 8.00. The van der Waals surface area contributed by atoms with E-state index in [2.05, 4.69) is 4.18 Å². The molecule has 0 fully saturated rings. The van der Waals surface area contributed by atoms with Gasteiger partial charge in [0, 0.05) is 0 Å². The molecule has 14 heteroatoms. The molecule has 2 aromatic rings. The molecule has 0 spiro atoms. The van der Waals surface area contributed by atoms with E-state index in [-0.39, 0.29) is 11.6 Å². The van der Waals surface area contributed by atoms with Crippen LogP contribution in [0.1, 0.15) is 29.6 Å². The highest BCUT2D eigenvalue weighted by atomic mass is 32.2. The predicted octanol–water partition coefficient (Wildman–Crippen LogP) is 3.31. The van der Waals surface area contributed by atoms with Crippen LogP contribution in [-0.2, 0) is 14.9 Å². The van der Waals surface area contributed by atoms with Gasteiger partial charge < -0.3 is 13.5 Å². The summed E-state index contributed by atoms with van der Waals surface area (Å²) in [6, 6.07) is 0.353. The van der Waals surface area contributed by atoms with E-state index in [9.17, 15) is 40.0 Å². The number of thioether (sulfide) groups is 1. The Hall–Kier alpha value is -2.35. The van der Waals surface area contributed by atoms with Crippen LogP contribution in [0.2, 0.25) is 0 Å². The zero-order valence-electron chi connectivity index (χ0n) is 14.5. The monoisotopic (exact) mass is 459 g/mol. The molecule has 1 atom stereocenters. The van der Waals surface area contributed by atoms with Crippen molar-refractivity contribution in [3.63, 3.8) is 0 Å². The fourth-order valence-corrected chi connectivity index (χ4v) is 4.30. The molecule has 1 aliphatic rings. The van der Waals surface area contributed by atoms with Crippen LogP contribution >= 0.6 is 11.8 Å². The lowest BCUT2D eigenvalue weighted by Crippen LogP contribution is -2.31. The molecule has 0 radical (unpaired) electrons. The third-order valence-corrected chi connectivity index (χ3v) is 6.03. The van der Waals surface area contributed by atoms with E-state index in [1.807, 2.05) is 0 Å². The van der Waals surface area contributed by atoms with Crippen LogP contribution in [0.3, 0.4) is 0 Å². The first-order valence-corrected chi connectivity index (χ1v) is 10.0. The van der Waals surface area contributed by atoms with Crippen LogP contribution in [0, 0.1) is 11.6 Å². The number of pyridine rings is 1. The largest absolute Gasteiger partial charge is 0.534 e. The highest BCUT2D eigenvalue weighted by Crippen LogP contribution is 2.49. The van der Waals surface area contributed by atoms with Gasteiger partial charge in [0.05, 0.1) is 22.4 Å². The number of hydrogen-bond donors (Lipinski definition) is 0. The van der Waals surface area contributed by atoms with Crippen LogP contribution in [-0.4, -0.2) is 31.1 Å². The van der Waals surface area contributed by atoms with Crippen molar-refractivity contribution in [2.24, 2.45) is 0 Å². The van der Waals surface area contributed by atoms with E-state index in [4.69, 9.17) is 4.74 Å². The Balaban J connectivity index is 2.42. The second kappa shape index (κ2) is 6.86. The maximum Gasteiger partial charge on any atom is 0.534 e. The van der Waals surface area contributed by atoms with Gasteiger partial charge in [0.1, 0.15) is 11.1 Å². The van der Waals surface area contributed by atoms with Crippen LogP contribution in [0.25, 0.3) is 10.9 Å². The molecule has 29 heavy (non-hydrogen) atoms. The number of hydrogen-bond acceptors (Lipinski definition) is 7. The molecule has 0 amide bonds. The van der Waals surface area contributed by atoms with Gasteiger partial charge in [-0.05, 0) is 19.9 Å². The van der Waals surface area contributed by atoms with Gasteiger partial charge in [-0.15, -0.1) is 0 Å². The molecule has 7 nitrogen and oxygen atoms in total. The Morgan fingerprint density at radius 2 is 1.93 bits per heavy atom. The molecule has 0 saturated carbocycles. The lowest BCUT2D eigenvalue weighted by molar-refractivity contribution is -0.0500. The SMILES string of the molecule is CCOC(=O)c1c2n(c3c(OS(=O)(=O)C(F)(F)F)c(F)c(F)cc3c1=O)C(C)S2. The van der Waals surface area contributed by atoms with Crippen molar-refractivity contribution in [2.45, 2.75) is 29.8 Å². The molecule has 0 bridgehead atoms. The lowest BCUT2D eigenvalue weighted by Gasteiger charge is -2.33. The van der Waals surface area contributed by atoms with Crippen molar-refractivity contribution in [3.05, 3.63) is 33.5 Å². The van der Waals surface area contributed by atoms with E-state index in [0.29, 0.717) is 6.07 Å². The molecule has 1 unspecified atom stereocenters. The van der Waals surface area contributed by atoms with Gasteiger partial charge in [0.15, 0.2) is 5.82 Å². The van der Waals surface area contributed by atoms with E-state index < -0.39 is 66.2 Å². The summed E-state index contributed by atoms with van der Waals surface area (Å²) >= 11 is 0.925. The molecule has 0 saturated heterocycles. The molecule has 0 N–H and O–H groups in total. The third kappa shape index (κ3) is 3.23. The fraction of sp³-hybridized carbons (Fsp3) is 0.333. The summed E-state index contributed by atoms with van der Waals surface area (Å²) in [5, 5.41) is -1.51. The van der Waals surface area contributed by atoms with Gasteiger partial charge in [-0.25, -0.2) is 9.18 Å². The van der Waals surface area contributed by atoms with Gasteiger partial charge >= 0.3 is 21.6 Å². The summed E-state index contributed by atoms with van der Waals surface area (Å²) in [4.78, 5) is 24.8. The third-order valence-electron chi connectivity index (χ3n) is 3.90. The quantitative estimate of drug-likeness (QED) is 0.300. The number of rotatable bonds is 4. The summed E-state index contributed by atoms with van der Waals surface area (Å²) in [5.74, 6) is -6.57. The number of carbonyl (C=O) groups excluding carboxylic acids is 1. The molecule has 158 valence electrons. The van der Waals surface area contributed by atoms with E-state index >= 15 is 0 Å². The molecule has 1 aromatic heterocycles. The molecule has 3 rings (SSSR count). The summed E-state index contributed by atoms with van der Waals surface area (Å²) in [7, 11) is -6.37. The fourth-order valence-electron chi connectivity index (χ4n) is 2.70. The number of aromatic nitrogens is 1. The molecule has 1 aliphatic heterocycles. The Morgan fingerprint density at radius 1 is 1.31 bits per heavy atom. The minimum Gasteiger partial charge on any atom is -0.462 e. The van der Waals surface area contributed by atoms with Crippen molar-refractivity contribution in [3.8, 4) is 5.75 Å². The first kappa shape index (κ1) is 21.4. The van der Waals surface area contributed by atoms with Gasteiger partial charge in [-0.2, -0.15) is 26.0 Å². The van der Waals surface area contributed by atoms with Crippen LogP contribution in [0.4, 0.5) is 22.0 Å². The van der Waals surface area contributed by atoms with Gasteiger partial charge in [-0.3, -0.25) is 4.79 Å². The number of esters is 1. The Bertz CT molecular complexity index is 1200. The second-order valence-corrected chi connectivity index (χ2v) is 8.54. The second-order valence-electron chi connectivity index (χ2n) is 5.70.